The van der Waals surface area contributed by atoms with Crippen molar-refractivity contribution in [1.29, 1.82) is 0 Å². The predicted molar refractivity (Wildman–Crippen MR) is 179 cm³/mol. The molecule has 4 saturated carbocycles. The first-order valence-electron chi connectivity index (χ1n) is 16.9. The van der Waals surface area contributed by atoms with Gasteiger partial charge in [0.25, 0.3) is 0 Å². The Bertz CT molecular complexity index is 1620. The van der Waals surface area contributed by atoms with Crippen LogP contribution in [0.4, 0.5) is 10.5 Å². The van der Waals surface area contributed by atoms with Gasteiger partial charge in [0.05, 0.1) is 11.2 Å². The number of aromatic carboxylic acids is 1. The second-order valence-electron chi connectivity index (χ2n) is 16.2. The van der Waals surface area contributed by atoms with Crippen molar-refractivity contribution < 1.29 is 34.0 Å². The molecule has 254 valence electrons. The molecule has 2 unspecified atom stereocenters. The summed E-state index contributed by atoms with van der Waals surface area (Å²) in [6.07, 6.45) is 6.20. The zero-order valence-electron chi connectivity index (χ0n) is 27.9. The second kappa shape index (κ2) is 10.6. The van der Waals surface area contributed by atoms with E-state index >= 15 is 0 Å². The third-order valence-electron chi connectivity index (χ3n) is 13.4. The van der Waals surface area contributed by atoms with Gasteiger partial charge in [-0.2, -0.15) is 0 Å². The highest BCUT2D eigenvalue weighted by Gasteiger charge is 2.82. The normalized spacial score (nSPS) is 34.4. The van der Waals surface area contributed by atoms with E-state index in [0.29, 0.717) is 23.2 Å². The zero-order chi connectivity index (χ0) is 32.4. The highest BCUT2D eigenvalue weighted by atomic mass is 35.5. The maximum atomic E-state index is 13.2. The van der Waals surface area contributed by atoms with Gasteiger partial charge in [-0.25, -0.2) is 9.59 Å². The van der Waals surface area contributed by atoms with Gasteiger partial charge in [0.2, 0.25) is 0 Å². The van der Waals surface area contributed by atoms with Crippen molar-refractivity contribution in [2.45, 2.75) is 101 Å². The van der Waals surface area contributed by atoms with Gasteiger partial charge in [-0.1, -0.05) is 26.8 Å². The highest BCUT2D eigenvalue weighted by Crippen LogP contribution is 2.78. The first kappa shape index (κ1) is 32.7. The number of rotatable bonds is 7. The molecule has 9 rings (SSSR count). The zero-order valence-corrected chi connectivity index (χ0v) is 28.7. The number of likely N-dealkylation sites (tertiary alicyclic amines) is 1. The Morgan fingerprint density at radius 2 is 1.79 bits per heavy atom. The molecule has 5 fully saturated rings. The van der Waals surface area contributed by atoms with Crippen LogP contribution in [0.5, 0.6) is 11.5 Å². The molecule has 0 aromatic heterocycles. The summed E-state index contributed by atoms with van der Waals surface area (Å²) in [5.41, 5.74) is 0.520. The standard InChI is InChI=1S/C37H46N2O7.ClH/c1-33(2,3)34(4,43)26-19-35-14-15-37(26,44-5)31-36(35)16-17-39(20-21-6-7-21)27(35)18-23-10-13-25(29(46-31)28(23)36)45-32(42)38-24-11-8-22(9-12-24)30(40)41;/h8-13,21,26-27,31,43H,6-7,14-20H2,1-5H3,(H,38,42)(H,40,41);1H/t26-,27-,31-,34+,35?,36?,37-;/m1./s1. The molecule has 10 heteroatoms. The number of carboxylic acids is 1. The number of ether oxygens (including phenoxy) is 3. The van der Waals surface area contributed by atoms with E-state index in [9.17, 15) is 19.8 Å². The molecule has 9 nitrogen and oxygen atoms in total. The van der Waals surface area contributed by atoms with E-state index in [-0.39, 0.29) is 46.2 Å². The van der Waals surface area contributed by atoms with E-state index in [1.54, 1.807) is 19.2 Å². The first-order valence-corrected chi connectivity index (χ1v) is 16.9. The molecular weight excluding hydrogens is 620 g/mol. The largest absolute Gasteiger partial charge is 0.482 e. The van der Waals surface area contributed by atoms with Gasteiger partial charge in [-0.05, 0) is 106 Å². The molecule has 1 saturated heterocycles. The molecule has 4 bridgehead atoms. The van der Waals surface area contributed by atoms with E-state index in [4.69, 9.17) is 14.2 Å². The Labute approximate surface area is 282 Å². The average molecular weight is 667 g/mol. The molecule has 1 amide bonds. The van der Waals surface area contributed by atoms with Gasteiger partial charge in [0.15, 0.2) is 11.5 Å². The monoisotopic (exact) mass is 666 g/mol. The summed E-state index contributed by atoms with van der Waals surface area (Å²) in [7, 11) is 1.79. The summed E-state index contributed by atoms with van der Waals surface area (Å²) in [5, 5.41) is 24.4. The number of aliphatic hydroxyl groups is 1. The second-order valence-corrected chi connectivity index (χ2v) is 16.2. The van der Waals surface area contributed by atoms with Crippen LogP contribution >= 0.6 is 12.4 Å². The molecule has 2 spiro atoms. The average Bonchev–Trinajstić information content (AvgIpc) is 3.75. The fourth-order valence-electron chi connectivity index (χ4n) is 10.6. The number of anilines is 1. The Kier molecular flexibility index (Phi) is 7.35. The number of carbonyl (C=O) groups excluding carboxylic acids is 1. The van der Waals surface area contributed by atoms with Crippen molar-refractivity contribution in [2.24, 2.45) is 22.7 Å². The van der Waals surface area contributed by atoms with Gasteiger partial charge < -0.3 is 24.4 Å². The van der Waals surface area contributed by atoms with Crippen molar-refractivity contribution in [3.05, 3.63) is 53.1 Å². The number of benzene rings is 2. The van der Waals surface area contributed by atoms with E-state index in [2.05, 4.69) is 37.1 Å². The number of carbonyl (C=O) groups is 2. The Morgan fingerprint density at radius 3 is 2.43 bits per heavy atom. The minimum atomic E-state index is -1.03. The van der Waals surface area contributed by atoms with Crippen LogP contribution in [0.15, 0.2) is 36.4 Å². The van der Waals surface area contributed by atoms with E-state index in [1.807, 2.05) is 13.0 Å². The van der Waals surface area contributed by atoms with Crippen LogP contribution in [-0.2, 0) is 16.6 Å². The lowest BCUT2D eigenvalue weighted by molar-refractivity contribution is -0.312. The maximum Gasteiger partial charge on any atom is 0.417 e. The third-order valence-corrected chi connectivity index (χ3v) is 13.4. The number of fused-ring (bicyclic) bond motifs is 2. The van der Waals surface area contributed by atoms with Crippen LogP contribution in [-0.4, -0.2) is 70.7 Å². The number of hydrogen-bond acceptors (Lipinski definition) is 7. The number of methoxy groups -OCH3 is 1. The molecule has 2 aromatic rings. The molecule has 2 aliphatic heterocycles. The number of piperidine rings is 1. The lowest BCUT2D eigenvalue weighted by atomic mass is 9.33. The summed E-state index contributed by atoms with van der Waals surface area (Å²) < 4.78 is 19.8. The molecule has 7 atom stereocenters. The molecule has 47 heavy (non-hydrogen) atoms. The van der Waals surface area contributed by atoms with Gasteiger partial charge in [-0.15, -0.1) is 12.4 Å². The number of halogens is 1. The maximum absolute atomic E-state index is 13.2. The molecule has 2 aromatic carbocycles. The molecule has 5 aliphatic carbocycles. The predicted octanol–water partition coefficient (Wildman–Crippen LogP) is 6.44. The smallest absolute Gasteiger partial charge is 0.417 e. The fraction of sp³-hybridized carbons (Fsp3) is 0.622. The van der Waals surface area contributed by atoms with Crippen molar-refractivity contribution in [3.8, 4) is 11.5 Å². The van der Waals surface area contributed by atoms with Crippen molar-refractivity contribution in [2.75, 3.05) is 25.5 Å². The van der Waals surface area contributed by atoms with E-state index < -0.39 is 23.3 Å². The number of nitrogens with one attached hydrogen (secondary N) is 1. The fourth-order valence-corrected chi connectivity index (χ4v) is 10.6. The van der Waals surface area contributed by atoms with Gasteiger partial charge in [0.1, 0.15) is 11.7 Å². The number of amides is 1. The van der Waals surface area contributed by atoms with Crippen LogP contribution in [0.25, 0.3) is 0 Å². The third kappa shape index (κ3) is 4.31. The Morgan fingerprint density at radius 1 is 1.06 bits per heavy atom. The number of hydrogen-bond donors (Lipinski definition) is 3. The van der Waals surface area contributed by atoms with Crippen molar-refractivity contribution in [3.63, 3.8) is 0 Å². The summed E-state index contributed by atoms with van der Waals surface area (Å²) in [6, 6.07) is 10.3. The lowest BCUT2D eigenvalue weighted by Gasteiger charge is -2.75. The minimum Gasteiger partial charge on any atom is -0.482 e. The van der Waals surface area contributed by atoms with E-state index in [1.165, 1.54) is 36.1 Å². The van der Waals surface area contributed by atoms with Gasteiger partial charge in [-0.3, -0.25) is 10.2 Å². The van der Waals surface area contributed by atoms with Crippen molar-refractivity contribution >= 4 is 30.2 Å². The van der Waals surface area contributed by atoms with Crippen LogP contribution < -0.4 is 14.8 Å². The van der Waals surface area contributed by atoms with Crippen LogP contribution in [0.1, 0.15) is 87.7 Å². The summed E-state index contributed by atoms with van der Waals surface area (Å²) in [5.74, 6) is 0.623. The minimum absolute atomic E-state index is 0. The Balaban J connectivity index is 0.00000351. The summed E-state index contributed by atoms with van der Waals surface area (Å²) in [4.78, 5) is 27.3. The summed E-state index contributed by atoms with van der Waals surface area (Å²) >= 11 is 0. The first-order chi connectivity index (χ1) is 21.8. The van der Waals surface area contributed by atoms with Crippen LogP contribution in [0.3, 0.4) is 0 Å². The number of carboxylic acid groups (broad SMARTS) is 1. The Hall–Kier alpha value is -2.85. The van der Waals surface area contributed by atoms with E-state index in [0.717, 1.165) is 51.1 Å². The summed E-state index contributed by atoms with van der Waals surface area (Å²) in [6.45, 7) is 10.5. The number of nitrogens with zero attached hydrogens (tertiary/aromatic N) is 1. The molecule has 2 heterocycles. The highest BCUT2D eigenvalue weighted by molar-refractivity contribution is 5.90. The quantitative estimate of drug-likeness (QED) is 0.309. The molecular formula is C37H47ClN2O7. The molecule has 0 radical (unpaired) electrons. The molecule has 3 N–H and O–H groups in total. The topological polar surface area (TPSA) is 118 Å². The van der Waals surface area contributed by atoms with Crippen LogP contribution in [0.2, 0.25) is 0 Å². The lowest BCUT2D eigenvalue weighted by Crippen LogP contribution is -2.83. The van der Waals surface area contributed by atoms with Crippen molar-refractivity contribution in [1.82, 2.24) is 4.90 Å². The SMILES string of the molecule is CO[C@]12CCC3(C[C@@H]1[C@](C)(O)C(C)(C)C)[C@H]1Cc4ccc(OC(=O)Nc5ccc(C(=O)O)cc5)c5c4C3(CCN1CC1CC1)[C@H]2O5.Cl. The van der Waals surface area contributed by atoms with Crippen LogP contribution in [0, 0.1) is 22.7 Å². The van der Waals surface area contributed by atoms with Gasteiger partial charge >= 0.3 is 12.1 Å². The molecule has 7 aliphatic rings. The van der Waals surface area contributed by atoms with Gasteiger partial charge in [0, 0.05) is 47.7 Å².